The zero-order chi connectivity index (χ0) is 10.8. The summed E-state index contributed by atoms with van der Waals surface area (Å²) in [5.41, 5.74) is 0. The summed E-state index contributed by atoms with van der Waals surface area (Å²) >= 11 is 1.85. The summed E-state index contributed by atoms with van der Waals surface area (Å²) in [7, 11) is 0. The zero-order valence-corrected chi connectivity index (χ0v) is 10.2. The Morgan fingerprint density at radius 3 is 2.71 bits per heavy atom. The van der Waals surface area contributed by atoms with E-state index in [4.69, 9.17) is 0 Å². The maximum absolute atomic E-state index is 11.3. The van der Waals surface area contributed by atoms with Crippen LogP contribution in [0.3, 0.4) is 0 Å². The van der Waals surface area contributed by atoms with Crippen molar-refractivity contribution in [3.8, 4) is 0 Å². The average molecular weight is 218 g/mol. The number of amides is 1. The summed E-state index contributed by atoms with van der Waals surface area (Å²) in [6, 6.07) is 0.274. The molecule has 14 heavy (non-hydrogen) atoms. The van der Waals surface area contributed by atoms with Crippen LogP contribution in [0.5, 0.6) is 0 Å². The summed E-state index contributed by atoms with van der Waals surface area (Å²) in [6.45, 7) is 7.61. The lowest BCUT2D eigenvalue weighted by atomic mass is 10.4. The van der Waals surface area contributed by atoms with E-state index in [1.165, 1.54) is 0 Å². The van der Waals surface area contributed by atoms with Crippen molar-refractivity contribution in [2.24, 2.45) is 0 Å². The monoisotopic (exact) mass is 218 g/mol. The molecule has 0 aliphatic carbocycles. The van der Waals surface area contributed by atoms with Crippen LogP contribution in [0, 0.1) is 0 Å². The molecule has 0 saturated heterocycles. The Morgan fingerprint density at radius 1 is 1.43 bits per heavy atom. The fraction of sp³-hybridized carbons (Fsp3) is 0.900. The molecule has 0 aromatic carbocycles. The van der Waals surface area contributed by atoms with Gasteiger partial charge in [0.15, 0.2) is 0 Å². The van der Waals surface area contributed by atoms with Gasteiger partial charge in [-0.1, -0.05) is 13.8 Å². The van der Waals surface area contributed by atoms with E-state index >= 15 is 0 Å². The molecule has 3 nitrogen and oxygen atoms in total. The van der Waals surface area contributed by atoms with Gasteiger partial charge in [-0.05, 0) is 25.6 Å². The molecular weight excluding hydrogens is 196 g/mol. The number of nitrogens with one attached hydrogen (secondary N) is 2. The van der Waals surface area contributed by atoms with Crippen LogP contribution >= 0.6 is 11.8 Å². The molecule has 1 amide bonds. The number of thioether (sulfide) groups is 1. The van der Waals surface area contributed by atoms with Crippen molar-refractivity contribution in [3.05, 3.63) is 0 Å². The standard InChI is InChI=1S/C10H22N2OS/c1-4-6-11-7-10(13)12-9(3)8-14-5-2/h9,11H,4-8H2,1-3H3,(H,12,13). The summed E-state index contributed by atoms with van der Waals surface area (Å²) in [5, 5.41) is 6.03. The highest BCUT2D eigenvalue weighted by Gasteiger charge is 2.05. The van der Waals surface area contributed by atoms with Crippen molar-refractivity contribution in [2.75, 3.05) is 24.6 Å². The minimum Gasteiger partial charge on any atom is -0.352 e. The first kappa shape index (κ1) is 13.8. The van der Waals surface area contributed by atoms with E-state index in [0.717, 1.165) is 24.5 Å². The Hall–Kier alpha value is -0.220. The van der Waals surface area contributed by atoms with E-state index in [1.807, 2.05) is 18.7 Å². The first-order valence-electron chi connectivity index (χ1n) is 5.28. The highest BCUT2D eigenvalue weighted by Crippen LogP contribution is 2.00. The molecule has 0 aromatic rings. The van der Waals surface area contributed by atoms with Gasteiger partial charge >= 0.3 is 0 Å². The largest absolute Gasteiger partial charge is 0.352 e. The third-order valence-electron chi connectivity index (χ3n) is 1.69. The van der Waals surface area contributed by atoms with Gasteiger partial charge in [0.05, 0.1) is 6.54 Å². The van der Waals surface area contributed by atoms with Gasteiger partial charge in [-0.3, -0.25) is 4.79 Å². The van der Waals surface area contributed by atoms with E-state index in [0.29, 0.717) is 6.54 Å². The van der Waals surface area contributed by atoms with Crippen LogP contribution in [0.25, 0.3) is 0 Å². The molecule has 0 aliphatic heterocycles. The van der Waals surface area contributed by atoms with Crippen LogP contribution in [-0.4, -0.2) is 36.5 Å². The van der Waals surface area contributed by atoms with E-state index in [9.17, 15) is 4.79 Å². The van der Waals surface area contributed by atoms with Gasteiger partial charge in [0, 0.05) is 11.8 Å². The highest BCUT2D eigenvalue weighted by molar-refractivity contribution is 7.99. The molecule has 0 fully saturated rings. The smallest absolute Gasteiger partial charge is 0.234 e. The normalized spacial score (nSPS) is 12.5. The van der Waals surface area contributed by atoms with Gasteiger partial charge in [-0.15, -0.1) is 0 Å². The number of hydrogen-bond donors (Lipinski definition) is 2. The van der Waals surface area contributed by atoms with Crippen LogP contribution in [0.1, 0.15) is 27.2 Å². The molecule has 84 valence electrons. The topological polar surface area (TPSA) is 41.1 Å². The maximum Gasteiger partial charge on any atom is 0.234 e. The number of rotatable bonds is 8. The Labute approximate surface area is 91.4 Å². The minimum atomic E-state index is 0.0997. The summed E-state index contributed by atoms with van der Waals surface area (Å²) in [5.74, 6) is 2.20. The van der Waals surface area contributed by atoms with Crippen LogP contribution < -0.4 is 10.6 Å². The second kappa shape index (κ2) is 9.34. The molecule has 0 aliphatic rings. The average Bonchev–Trinajstić information content (AvgIpc) is 2.15. The molecule has 2 N–H and O–H groups in total. The SMILES string of the molecule is CCCNCC(=O)NC(C)CSCC. The van der Waals surface area contributed by atoms with Crippen molar-refractivity contribution in [3.63, 3.8) is 0 Å². The van der Waals surface area contributed by atoms with Crippen LogP contribution in [-0.2, 0) is 4.79 Å². The third-order valence-corrected chi connectivity index (χ3v) is 2.84. The van der Waals surface area contributed by atoms with Gasteiger partial charge in [0.1, 0.15) is 0 Å². The van der Waals surface area contributed by atoms with Crippen molar-refractivity contribution < 1.29 is 4.79 Å². The molecule has 0 bridgehead atoms. The summed E-state index contributed by atoms with van der Waals surface area (Å²) < 4.78 is 0. The fourth-order valence-electron chi connectivity index (χ4n) is 1.04. The number of hydrogen-bond acceptors (Lipinski definition) is 3. The molecule has 0 radical (unpaired) electrons. The predicted octanol–water partition coefficient (Wildman–Crippen LogP) is 1.24. The predicted molar refractivity (Wildman–Crippen MR) is 63.8 cm³/mol. The van der Waals surface area contributed by atoms with E-state index < -0.39 is 0 Å². The van der Waals surface area contributed by atoms with Gasteiger partial charge in [0.2, 0.25) is 5.91 Å². The first-order valence-corrected chi connectivity index (χ1v) is 6.44. The van der Waals surface area contributed by atoms with Crippen LogP contribution in [0.4, 0.5) is 0 Å². The van der Waals surface area contributed by atoms with E-state index in [-0.39, 0.29) is 11.9 Å². The molecule has 0 aromatic heterocycles. The zero-order valence-electron chi connectivity index (χ0n) is 9.43. The number of carbonyl (C=O) groups excluding carboxylic acids is 1. The minimum absolute atomic E-state index is 0.0997. The Bertz CT molecular complexity index is 153. The molecule has 1 unspecified atom stereocenters. The van der Waals surface area contributed by atoms with Gasteiger partial charge in [0.25, 0.3) is 0 Å². The van der Waals surface area contributed by atoms with Crippen molar-refractivity contribution in [1.82, 2.24) is 10.6 Å². The molecule has 1 atom stereocenters. The van der Waals surface area contributed by atoms with Crippen molar-refractivity contribution in [1.29, 1.82) is 0 Å². The third kappa shape index (κ3) is 8.38. The summed E-state index contributed by atoms with van der Waals surface area (Å²) in [4.78, 5) is 11.3. The van der Waals surface area contributed by atoms with Crippen molar-refractivity contribution in [2.45, 2.75) is 33.2 Å². The van der Waals surface area contributed by atoms with Gasteiger partial charge < -0.3 is 10.6 Å². The first-order chi connectivity index (χ1) is 6.70. The van der Waals surface area contributed by atoms with E-state index in [2.05, 4.69) is 24.5 Å². The lowest BCUT2D eigenvalue weighted by Crippen LogP contribution is -2.40. The molecule has 0 heterocycles. The Morgan fingerprint density at radius 2 is 2.14 bits per heavy atom. The quantitative estimate of drug-likeness (QED) is 0.602. The second-order valence-electron chi connectivity index (χ2n) is 3.30. The maximum atomic E-state index is 11.3. The molecule has 0 spiro atoms. The number of carbonyl (C=O) groups is 1. The Kier molecular flexibility index (Phi) is 9.19. The second-order valence-corrected chi connectivity index (χ2v) is 4.62. The highest BCUT2D eigenvalue weighted by atomic mass is 32.2. The molecule has 0 rings (SSSR count). The summed E-state index contributed by atoms with van der Waals surface area (Å²) in [6.07, 6.45) is 1.06. The van der Waals surface area contributed by atoms with Gasteiger partial charge in [-0.25, -0.2) is 0 Å². The molecule has 0 saturated carbocycles. The van der Waals surface area contributed by atoms with Gasteiger partial charge in [-0.2, -0.15) is 11.8 Å². The fourth-order valence-corrected chi connectivity index (χ4v) is 1.71. The molecular formula is C10H22N2OS. The van der Waals surface area contributed by atoms with Crippen molar-refractivity contribution >= 4 is 17.7 Å². The Balaban J connectivity index is 3.40. The van der Waals surface area contributed by atoms with Crippen LogP contribution in [0.2, 0.25) is 0 Å². The lowest BCUT2D eigenvalue weighted by Gasteiger charge is -2.13. The van der Waals surface area contributed by atoms with Crippen LogP contribution in [0.15, 0.2) is 0 Å². The van der Waals surface area contributed by atoms with E-state index in [1.54, 1.807) is 0 Å². The molecule has 4 heteroatoms. The lowest BCUT2D eigenvalue weighted by molar-refractivity contribution is -0.120.